The Morgan fingerprint density at radius 3 is 2.78 bits per heavy atom. The number of hydrogen-bond donors (Lipinski definition) is 1. The number of aromatic nitrogens is 2. The normalized spacial score (nSPS) is 20.5. The number of nitrogens with one attached hydrogen (secondary N) is 1. The lowest BCUT2D eigenvalue weighted by Gasteiger charge is -2.15. The van der Waals surface area contributed by atoms with Gasteiger partial charge in [0.2, 0.25) is 5.95 Å². The van der Waals surface area contributed by atoms with Gasteiger partial charge in [0.1, 0.15) is 0 Å². The lowest BCUT2D eigenvalue weighted by molar-refractivity contribution is 0.325. The van der Waals surface area contributed by atoms with Crippen molar-refractivity contribution in [1.29, 1.82) is 0 Å². The zero-order valence-corrected chi connectivity index (χ0v) is 11.4. The molecule has 0 amide bonds. The molecule has 2 aliphatic rings. The van der Waals surface area contributed by atoms with Crippen molar-refractivity contribution in [2.24, 2.45) is 0 Å². The highest BCUT2D eigenvalue weighted by Gasteiger charge is 2.23. The molecule has 18 heavy (non-hydrogen) atoms. The minimum Gasteiger partial charge on any atom is -0.353 e. The van der Waals surface area contributed by atoms with Crippen molar-refractivity contribution in [2.75, 3.05) is 25.0 Å². The summed E-state index contributed by atoms with van der Waals surface area (Å²) >= 11 is 0. The molecule has 1 aliphatic carbocycles. The molecule has 4 heteroatoms. The third-order valence-electron chi connectivity index (χ3n) is 3.88. The first-order valence-corrected chi connectivity index (χ1v) is 7.34. The monoisotopic (exact) mass is 248 g/mol. The van der Waals surface area contributed by atoms with Gasteiger partial charge >= 0.3 is 0 Å². The highest BCUT2D eigenvalue weighted by Crippen LogP contribution is 2.24. The second-order valence-electron chi connectivity index (χ2n) is 5.72. The van der Waals surface area contributed by atoms with Crippen molar-refractivity contribution >= 4 is 5.95 Å². The Balaban J connectivity index is 1.50. The van der Waals surface area contributed by atoms with E-state index in [0.717, 1.165) is 18.2 Å². The van der Waals surface area contributed by atoms with Gasteiger partial charge in [-0.1, -0.05) is 0 Å². The molecule has 0 spiro atoms. The Morgan fingerprint density at radius 2 is 2.06 bits per heavy atom. The van der Waals surface area contributed by atoms with Crippen LogP contribution in [0.5, 0.6) is 0 Å². The lowest BCUT2D eigenvalue weighted by Crippen LogP contribution is -2.21. The van der Waals surface area contributed by atoms with Gasteiger partial charge in [-0.3, -0.25) is 0 Å². The van der Waals surface area contributed by atoms with E-state index < -0.39 is 0 Å². The summed E-state index contributed by atoms with van der Waals surface area (Å²) in [5.41, 5.74) is 1.12. The highest BCUT2D eigenvalue weighted by molar-refractivity contribution is 5.32. The lowest BCUT2D eigenvalue weighted by atomic mass is 10.4. The summed E-state index contributed by atoms with van der Waals surface area (Å²) in [4.78, 5) is 7.16. The molecule has 1 aromatic rings. The van der Waals surface area contributed by atoms with Gasteiger partial charge in [0, 0.05) is 18.8 Å². The summed E-state index contributed by atoms with van der Waals surface area (Å²) in [5.74, 6) is 1.08. The molecule has 0 aromatic carbocycles. The third kappa shape index (κ3) is 3.05. The topological polar surface area (TPSA) is 33.1 Å². The van der Waals surface area contributed by atoms with Crippen molar-refractivity contribution < 1.29 is 0 Å². The Kier molecular flexibility index (Phi) is 3.55. The minimum atomic E-state index is 0.684. The number of rotatable bonds is 6. The molecule has 1 N–H and O–H groups in total. The summed E-state index contributed by atoms with van der Waals surface area (Å²) in [5, 5.41) is 3.52. The number of likely N-dealkylation sites (tertiary alicyclic amines) is 1. The van der Waals surface area contributed by atoms with Crippen molar-refractivity contribution in [3.63, 3.8) is 0 Å². The second-order valence-corrected chi connectivity index (χ2v) is 5.72. The van der Waals surface area contributed by atoms with Crippen LogP contribution in [0.3, 0.4) is 0 Å². The summed E-state index contributed by atoms with van der Waals surface area (Å²) < 4.78 is 2.30. The van der Waals surface area contributed by atoms with E-state index in [1.165, 1.54) is 51.7 Å². The molecule has 100 valence electrons. The van der Waals surface area contributed by atoms with Crippen molar-refractivity contribution in [1.82, 2.24) is 14.5 Å². The summed E-state index contributed by atoms with van der Waals surface area (Å²) in [6.07, 6.45) is 8.79. The SMILES string of the molecule is Cc1cn(CCCN2CCCC2)c(NC2CC2)n1. The van der Waals surface area contributed by atoms with Crippen LogP contribution in [0, 0.1) is 6.92 Å². The number of nitrogens with zero attached hydrogens (tertiary/aromatic N) is 3. The predicted molar refractivity (Wildman–Crippen MR) is 73.9 cm³/mol. The van der Waals surface area contributed by atoms with Gasteiger partial charge in [0.15, 0.2) is 0 Å². The van der Waals surface area contributed by atoms with Crippen LogP contribution < -0.4 is 5.32 Å². The van der Waals surface area contributed by atoms with Gasteiger partial charge < -0.3 is 14.8 Å². The molecule has 0 bridgehead atoms. The van der Waals surface area contributed by atoms with Gasteiger partial charge in [-0.25, -0.2) is 4.98 Å². The summed E-state index contributed by atoms with van der Waals surface area (Å²) in [6, 6.07) is 0.684. The Bertz CT molecular complexity index is 388. The molecule has 2 fully saturated rings. The van der Waals surface area contributed by atoms with Crippen molar-refractivity contribution in [3.8, 4) is 0 Å². The predicted octanol–water partition coefficient (Wildman–Crippen LogP) is 2.25. The van der Waals surface area contributed by atoms with Crippen molar-refractivity contribution in [2.45, 2.75) is 51.6 Å². The van der Waals surface area contributed by atoms with E-state index in [9.17, 15) is 0 Å². The quantitative estimate of drug-likeness (QED) is 0.838. The van der Waals surface area contributed by atoms with Gasteiger partial charge in [-0.2, -0.15) is 0 Å². The van der Waals surface area contributed by atoms with Gasteiger partial charge in [0.25, 0.3) is 0 Å². The fourth-order valence-electron chi connectivity index (χ4n) is 2.71. The first kappa shape index (κ1) is 12.0. The molecular weight excluding hydrogens is 224 g/mol. The van der Waals surface area contributed by atoms with E-state index in [2.05, 4.69) is 32.9 Å². The van der Waals surface area contributed by atoms with Crippen LogP contribution in [0.4, 0.5) is 5.95 Å². The molecule has 2 heterocycles. The molecule has 1 saturated carbocycles. The van der Waals surface area contributed by atoms with Crippen molar-refractivity contribution in [3.05, 3.63) is 11.9 Å². The molecular formula is C14H24N4. The molecule has 1 aliphatic heterocycles. The minimum absolute atomic E-state index is 0.684. The summed E-state index contributed by atoms with van der Waals surface area (Å²) in [6.45, 7) is 7.01. The maximum Gasteiger partial charge on any atom is 0.203 e. The zero-order chi connectivity index (χ0) is 12.4. The molecule has 0 radical (unpaired) electrons. The summed E-state index contributed by atoms with van der Waals surface area (Å²) in [7, 11) is 0. The van der Waals surface area contributed by atoms with Crippen LogP contribution in [0.2, 0.25) is 0 Å². The van der Waals surface area contributed by atoms with E-state index in [-0.39, 0.29) is 0 Å². The van der Waals surface area contributed by atoms with E-state index in [0.29, 0.717) is 6.04 Å². The number of imidazole rings is 1. The Labute approximate surface area is 109 Å². The van der Waals surface area contributed by atoms with Gasteiger partial charge in [0.05, 0.1) is 5.69 Å². The molecule has 3 rings (SSSR count). The second kappa shape index (κ2) is 5.31. The van der Waals surface area contributed by atoms with E-state index in [4.69, 9.17) is 0 Å². The smallest absolute Gasteiger partial charge is 0.203 e. The van der Waals surface area contributed by atoms with Crippen LogP contribution in [0.1, 0.15) is 37.8 Å². The fourth-order valence-corrected chi connectivity index (χ4v) is 2.71. The highest BCUT2D eigenvalue weighted by atomic mass is 15.2. The van der Waals surface area contributed by atoms with Crippen LogP contribution in [0.25, 0.3) is 0 Å². The average molecular weight is 248 g/mol. The maximum absolute atomic E-state index is 4.58. The van der Waals surface area contributed by atoms with Gasteiger partial charge in [-0.15, -0.1) is 0 Å². The zero-order valence-electron chi connectivity index (χ0n) is 11.4. The molecule has 4 nitrogen and oxygen atoms in total. The number of anilines is 1. The Hall–Kier alpha value is -1.03. The van der Waals surface area contributed by atoms with E-state index in [1.54, 1.807) is 0 Å². The van der Waals surface area contributed by atoms with Gasteiger partial charge in [-0.05, 0) is 58.7 Å². The molecule has 1 aromatic heterocycles. The standard InChI is InChI=1S/C14H24N4/c1-12-11-18(14(15-12)16-13-5-6-13)10-4-9-17-7-2-3-8-17/h11,13H,2-10H2,1H3,(H,15,16). The maximum atomic E-state index is 4.58. The molecule has 0 atom stereocenters. The number of hydrogen-bond acceptors (Lipinski definition) is 3. The largest absolute Gasteiger partial charge is 0.353 e. The third-order valence-corrected chi connectivity index (χ3v) is 3.88. The average Bonchev–Trinajstić information content (AvgIpc) is 2.87. The van der Waals surface area contributed by atoms with E-state index in [1.807, 2.05) is 0 Å². The van der Waals surface area contributed by atoms with Crippen LogP contribution in [-0.4, -0.2) is 40.1 Å². The fraction of sp³-hybridized carbons (Fsp3) is 0.786. The first-order valence-electron chi connectivity index (χ1n) is 7.34. The molecule has 1 saturated heterocycles. The van der Waals surface area contributed by atoms with Crippen LogP contribution >= 0.6 is 0 Å². The Morgan fingerprint density at radius 1 is 1.28 bits per heavy atom. The van der Waals surface area contributed by atoms with E-state index >= 15 is 0 Å². The molecule has 0 unspecified atom stereocenters. The first-order chi connectivity index (χ1) is 8.81. The van der Waals surface area contributed by atoms with Crippen LogP contribution in [-0.2, 0) is 6.54 Å². The number of aryl methyl sites for hydroxylation is 2. The van der Waals surface area contributed by atoms with Crippen LogP contribution in [0.15, 0.2) is 6.20 Å².